The topological polar surface area (TPSA) is 63.7 Å². The lowest BCUT2D eigenvalue weighted by Gasteiger charge is -2.26. The zero-order chi connectivity index (χ0) is 13.0. The predicted molar refractivity (Wildman–Crippen MR) is 68.0 cm³/mol. The molecule has 0 bridgehead atoms. The standard InChI is InChI=1S/C12H21NO4S/c14-12(11-3-1-2-4-11)17-8-5-13-6-9-18(15,16)10-7-13/h11H,1-10H2. The van der Waals surface area contributed by atoms with E-state index in [0.717, 1.165) is 25.7 Å². The zero-order valence-electron chi connectivity index (χ0n) is 10.6. The summed E-state index contributed by atoms with van der Waals surface area (Å²) in [5.74, 6) is 0.483. The Balaban J connectivity index is 1.62. The number of carbonyl (C=O) groups is 1. The van der Waals surface area contributed by atoms with Gasteiger partial charge in [-0.3, -0.25) is 9.69 Å². The van der Waals surface area contributed by atoms with Gasteiger partial charge in [-0.25, -0.2) is 8.42 Å². The molecule has 1 saturated carbocycles. The maximum atomic E-state index is 11.7. The molecule has 1 heterocycles. The fourth-order valence-electron chi connectivity index (χ4n) is 2.53. The van der Waals surface area contributed by atoms with E-state index in [9.17, 15) is 13.2 Å². The van der Waals surface area contributed by atoms with Gasteiger partial charge >= 0.3 is 5.97 Å². The van der Waals surface area contributed by atoms with Gasteiger partial charge in [0.1, 0.15) is 6.61 Å². The van der Waals surface area contributed by atoms with Crippen LogP contribution in [0.25, 0.3) is 0 Å². The Morgan fingerprint density at radius 3 is 2.39 bits per heavy atom. The summed E-state index contributed by atoms with van der Waals surface area (Å²) < 4.78 is 27.7. The van der Waals surface area contributed by atoms with E-state index in [4.69, 9.17) is 4.74 Å². The summed E-state index contributed by atoms with van der Waals surface area (Å²) >= 11 is 0. The first-order chi connectivity index (χ1) is 8.57. The Hall–Kier alpha value is -0.620. The van der Waals surface area contributed by atoms with Gasteiger partial charge in [-0.1, -0.05) is 12.8 Å². The first-order valence-electron chi connectivity index (χ1n) is 6.66. The molecule has 0 spiro atoms. The molecule has 0 radical (unpaired) electrons. The van der Waals surface area contributed by atoms with Gasteiger partial charge in [-0.05, 0) is 12.8 Å². The zero-order valence-corrected chi connectivity index (χ0v) is 11.5. The van der Waals surface area contributed by atoms with E-state index in [1.165, 1.54) is 0 Å². The molecule has 0 N–H and O–H groups in total. The van der Waals surface area contributed by atoms with Crippen molar-refractivity contribution in [1.29, 1.82) is 0 Å². The Kier molecular flexibility index (Phi) is 4.61. The number of carbonyl (C=O) groups excluding carboxylic acids is 1. The lowest BCUT2D eigenvalue weighted by molar-refractivity contribution is -0.148. The molecule has 0 aromatic heterocycles. The summed E-state index contributed by atoms with van der Waals surface area (Å²) in [5.41, 5.74) is 0. The third kappa shape index (κ3) is 3.95. The second kappa shape index (κ2) is 6.02. The Bertz CT molecular complexity index is 373. The van der Waals surface area contributed by atoms with Crippen LogP contribution < -0.4 is 0 Å². The molecule has 104 valence electrons. The van der Waals surface area contributed by atoms with E-state index < -0.39 is 9.84 Å². The average molecular weight is 275 g/mol. The maximum absolute atomic E-state index is 11.7. The van der Waals surface area contributed by atoms with Gasteiger partial charge in [0.25, 0.3) is 0 Å². The normalized spacial score (nSPS) is 25.1. The molecule has 0 unspecified atom stereocenters. The van der Waals surface area contributed by atoms with Crippen LogP contribution in [0.3, 0.4) is 0 Å². The fraction of sp³-hybridized carbons (Fsp3) is 0.917. The summed E-state index contributed by atoms with van der Waals surface area (Å²) in [6, 6.07) is 0. The second-order valence-electron chi connectivity index (χ2n) is 5.14. The van der Waals surface area contributed by atoms with Gasteiger partial charge in [-0.2, -0.15) is 0 Å². The van der Waals surface area contributed by atoms with Gasteiger partial charge < -0.3 is 4.74 Å². The fourth-order valence-corrected chi connectivity index (χ4v) is 3.81. The van der Waals surface area contributed by atoms with Gasteiger partial charge in [0.15, 0.2) is 9.84 Å². The molecule has 0 atom stereocenters. The minimum absolute atomic E-state index is 0.0721. The third-order valence-corrected chi connectivity index (χ3v) is 5.39. The molecule has 18 heavy (non-hydrogen) atoms. The van der Waals surface area contributed by atoms with Crippen molar-refractivity contribution in [3.63, 3.8) is 0 Å². The molecule has 1 aliphatic heterocycles. The Labute approximate surface area is 108 Å². The van der Waals surface area contributed by atoms with Crippen LogP contribution in [0.15, 0.2) is 0 Å². The highest BCUT2D eigenvalue weighted by molar-refractivity contribution is 7.91. The quantitative estimate of drug-likeness (QED) is 0.697. The maximum Gasteiger partial charge on any atom is 0.308 e. The van der Waals surface area contributed by atoms with Crippen molar-refractivity contribution < 1.29 is 17.9 Å². The summed E-state index contributed by atoms with van der Waals surface area (Å²) in [7, 11) is -2.82. The van der Waals surface area contributed by atoms with Crippen LogP contribution in [-0.4, -0.2) is 57.0 Å². The van der Waals surface area contributed by atoms with Crippen LogP contribution in [-0.2, 0) is 19.4 Å². The molecule has 0 aromatic rings. The summed E-state index contributed by atoms with van der Waals surface area (Å²) in [6.45, 7) is 2.15. The highest BCUT2D eigenvalue weighted by Crippen LogP contribution is 2.25. The minimum Gasteiger partial charge on any atom is -0.464 e. The monoisotopic (exact) mass is 275 g/mol. The van der Waals surface area contributed by atoms with Crippen molar-refractivity contribution in [3.8, 4) is 0 Å². The predicted octanol–water partition coefficient (Wildman–Crippen LogP) is 0.450. The molecular formula is C12H21NO4S. The molecule has 0 amide bonds. The largest absolute Gasteiger partial charge is 0.464 e. The lowest BCUT2D eigenvalue weighted by Crippen LogP contribution is -2.42. The molecule has 0 aromatic carbocycles. The lowest BCUT2D eigenvalue weighted by atomic mass is 10.1. The molecule has 2 fully saturated rings. The van der Waals surface area contributed by atoms with Gasteiger partial charge in [0.2, 0.25) is 0 Å². The van der Waals surface area contributed by atoms with E-state index in [0.29, 0.717) is 26.2 Å². The SMILES string of the molecule is O=C(OCCN1CCS(=O)(=O)CC1)C1CCCC1. The number of hydrogen-bond donors (Lipinski definition) is 0. The number of rotatable bonds is 4. The molecule has 2 rings (SSSR count). The highest BCUT2D eigenvalue weighted by atomic mass is 32.2. The van der Waals surface area contributed by atoms with E-state index in [-0.39, 0.29) is 23.4 Å². The van der Waals surface area contributed by atoms with Gasteiger partial charge in [-0.15, -0.1) is 0 Å². The van der Waals surface area contributed by atoms with Crippen LogP contribution in [0.2, 0.25) is 0 Å². The third-order valence-electron chi connectivity index (χ3n) is 3.78. The van der Waals surface area contributed by atoms with Crippen molar-refractivity contribution in [2.45, 2.75) is 25.7 Å². The second-order valence-corrected chi connectivity index (χ2v) is 7.45. The van der Waals surface area contributed by atoms with E-state index in [1.54, 1.807) is 0 Å². The average Bonchev–Trinajstić information content (AvgIpc) is 2.85. The van der Waals surface area contributed by atoms with Crippen molar-refractivity contribution in [3.05, 3.63) is 0 Å². The van der Waals surface area contributed by atoms with Crippen molar-refractivity contribution in [1.82, 2.24) is 4.90 Å². The van der Waals surface area contributed by atoms with Crippen molar-refractivity contribution in [2.75, 3.05) is 37.7 Å². The Morgan fingerprint density at radius 1 is 1.17 bits per heavy atom. The summed E-state index contributed by atoms with van der Waals surface area (Å²) in [6.07, 6.45) is 4.18. The van der Waals surface area contributed by atoms with Crippen LogP contribution in [0.5, 0.6) is 0 Å². The van der Waals surface area contributed by atoms with Crippen LogP contribution >= 0.6 is 0 Å². The smallest absolute Gasteiger partial charge is 0.308 e. The summed E-state index contributed by atoms with van der Waals surface area (Å²) in [4.78, 5) is 13.7. The highest BCUT2D eigenvalue weighted by Gasteiger charge is 2.25. The van der Waals surface area contributed by atoms with Crippen molar-refractivity contribution in [2.24, 2.45) is 5.92 Å². The van der Waals surface area contributed by atoms with Crippen LogP contribution in [0.1, 0.15) is 25.7 Å². The first kappa shape index (κ1) is 13.8. The van der Waals surface area contributed by atoms with Gasteiger partial charge in [0, 0.05) is 19.6 Å². The number of esters is 1. The van der Waals surface area contributed by atoms with E-state index >= 15 is 0 Å². The van der Waals surface area contributed by atoms with Crippen molar-refractivity contribution >= 4 is 15.8 Å². The molecular weight excluding hydrogens is 254 g/mol. The number of ether oxygens (including phenoxy) is 1. The van der Waals surface area contributed by atoms with E-state index in [1.807, 2.05) is 4.90 Å². The molecule has 6 heteroatoms. The number of hydrogen-bond acceptors (Lipinski definition) is 5. The minimum atomic E-state index is -2.82. The molecule has 2 aliphatic rings. The Morgan fingerprint density at radius 2 is 1.78 bits per heavy atom. The van der Waals surface area contributed by atoms with Crippen LogP contribution in [0.4, 0.5) is 0 Å². The van der Waals surface area contributed by atoms with Crippen LogP contribution in [0, 0.1) is 5.92 Å². The first-order valence-corrected chi connectivity index (χ1v) is 8.48. The number of nitrogens with zero attached hydrogens (tertiary/aromatic N) is 1. The summed E-state index contributed by atoms with van der Waals surface area (Å²) in [5, 5.41) is 0. The van der Waals surface area contributed by atoms with Gasteiger partial charge in [0.05, 0.1) is 17.4 Å². The number of sulfone groups is 1. The van der Waals surface area contributed by atoms with E-state index in [2.05, 4.69) is 0 Å². The molecule has 1 saturated heterocycles. The molecule has 5 nitrogen and oxygen atoms in total. The molecule has 1 aliphatic carbocycles.